The van der Waals surface area contributed by atoms with Gasteiger partial charge in [-0.25, -0.2) is 4.98 Å². The summed E-state index contributed by atoms with van der Waals surface area (Å²) in [7, 11) is 0. The molecule has 1 aliphatic rings. The standard InChI is InChI=1S/C45H52N8O7S/c1-27-40(61-26-49-27)31-15-13-30(14-16-31)24-48-43(58)35-21-32(54)25-53(35)44(59)41(45(2,3)4)50-39(57)18-17-38(56)47-23-29-11-9-28(10-12-29)19-20-60-37-22-34(51-52-42(37)46)33-7-5-6-8-36(33)55/h5-16,22,26,32,35,41,54-55H,17-21,23-25H2,1-4H3,(H2,46,52)(H,47,56)(H,48,58)(H,50,57)/t32-,35+,41-/m1/s1. The van der Waals surface area contributed by atoms with Crippen LogP contribution in [0.4, 0.5) is 5.82 Å². The summed E-state index contributed by atoms with van der Waals surface area (Å²) < 4.78 is 5.89. The van der Waals surface area contributed by atoms with Crippen molar-refractivity contribution in [3.05, 3.63) is 107 Å². The average molecular weight is 849 g/mol. The number of hydrogen-bond donors (Lipinski definition) is 6. The summed E-state index contributed by atoms with van der Waals surface area (Å²) in [5.41, 5.74) is 12.7. The zero-order valence-electron chi connectivity index (χ0n) is 34.7. The number of benzene rings is 3. The molecule has 3 aromatic carbocycles. The van der Waals surface area contributed by atoms with Crippen molar-refractivity contribution in [3.63, 3.8) is 0 Å². The number of β-amino-alcohol motifs (C(OH)–C–C–N with tert-alkyl or cyclic N) is 1. The number of carbonyl (C=O) groups is 4. The van der Waals surface area contributed by atoms with Crippen molar-refractivity contribution in [1.82, 2.24) is 36.0 Å². The number of aryl methyl sites for hydroxylation is 1. The second kappa shape index (κ2) is 19.8. The molecule has 15 nitrogen and oxygen atoms in total. The van der Waals surface area contributed by atoms with E-state index in [1.165, 1.54) is 4.90 Å². The zero-order valence-corrected chi connectivity index (χ0v) is 35.5. The Labute approximate surface area is 358 Å². The Morgan fingerprint density at radius 1 is 0.918 bits per heavy atom. The van der Waals surface area contributed by atoms with Gasteiger partial charge < -0.3 is 41.5 Å². The maximum absolute atomic E-state index is 14.0. The molecule has 61 heavy (non-hydrogen) atoms. The van der Waals surface area contributed by atoms with Crippen molar-refractivity contribution >= 4 is 40.8 Å². The molecule has 5 aromatic rings. The van der Waals surface area contributed by atoms with Gasteiger partial charge in [0.1, 0.15) is 23.5 Å². The van der Waals surface area contributed by atoms with Crippen LogP contribution < -0.4 is 26.4 Å². The number of carbonyl (C=O) groups excluding carboxylic acids is 4. The smallest absolute Gasteiger partial charge is 0.246 e. The third-order valence-electron chi connectivity index (χ3n) is 10.4. The molecule has 0 bridgehead atoms. The lowest BCUT2D eigenvalue weighted by atomic mass is 9.85. The minimum absolute atomic E-state index is 0.0411. The third kappa shape index (κ3) is 11.7. The number of hydrogen-bond acceptors (Lipinski definition) is 12. The van der Waals surface area contributed by atoms with Gasteiger partial charge in [-0.3, -0.25) is 19.2 Å². The summed E-state index contributed by atoms with van der Waals surface area (Å²) in [6.45, 7) is 8.16. The van der Waals surface area contributed by atoms with Crippen LogP contribution in [-0.4, -0.2) is 85.3 Å². The average Bonchev–Trinajstić information content (AvgIpc) is 3.86. The summed E-state index contributed by atoms with van der Waals surface area (Å²) in [5.74, 6) is -1.10. The number of amides is 4. The number of thiazole rings is 1. The first-order valence-corrected chi connectivity index (χ1v) is 21.0. The molecular weight excluding hydrogens is 797 g/mol. The predicted octanol–water partition coefficient (Wildman–Crippen LogP) is 4.69. The van der Waals surface area contributed by atoms with Crippen molar-refractivity contribution in [2.24, 2.45) is 5.41 Å². The zero-order chi connectivity index (χ0) is 43.7. The van der Waals surface area contributed by atoms with E-state index in [9.17, 15) is 29.4 Å². The molecular formula is C45H52N8O7S. The number of nitrogens with two attached hydrogens (primary N) is 1. The number of anilines is 1. The van der Waals surface area contributed by atoms with Gasteiger partial charge in [-0.1, -0.05) is 81.4 Å². The van der Waals surface area contributed by atoms with Crippen LogP contribution in [0.15, 0.2) is 84.4 Å². The first-order valence-electron chi connectivity index (χ1n) is 20.1. The lowest BCUT2D eigenvalue weighted by molar-refractivity contribution is -0.144. The van der Waals surface area contributed by atoms with Crippen molar-refractivity contribution in [1.29, 1.82) is 0 Å². The minimum Gasteiger partial charge on any atom is -0.507 e. The number of rotatable bonds is 16. The topological polar surface area (TPSA) is 222 Å². The van der Waals surface area contributed by atoms with Crippen LogP contribution in [-0.2, 0) is 38.7 Å². The van der Waals surface area contributed by atoms with Crippen LogP contribution >= 0.6 is 11.3 Å². The Bertz CT molecular complexity index is 2330. The van der Waals surface area contributed by atoms with E-state index in [0.717, 1.165) is 32.8 Å². The molecule has 1 saturated heterocycles. The van der Waals surface area contributed by atoms with Crippen LogP contribution in [0.1, 0.15) is 62.4 Å². The van der Waals surface area contributed by atoms with E-state index in [1.807, 2.05) is 76.2 Å². The maximum atomic E-state index is 14.0. The highest BCUT2D eigenvalue weighted by Gasteiger charge is 2.44. The van der Waals surface area contributed by atoms with Gasteiger partial charge in [0.25, 0.3) is 0 Å². The summed E-state index contributed by atoms with van der Waals surface area (Å²) >= 11 is 1.56. The van der Waals surface area contributed by atoms with Crippen molar-refractivity contribution in [2.45, 2.75) is 84.7 Å². The minimum atomic E-state index is -1.00. The highest BCUT2D eigenvalue weighted by molar-refractivity contribution is 7.13. The van der Waals surface area contributed by atoms with Gasteiger partial charge in [0.15, 0.2) is 11.6 Å². The van der Waals surface area contributed by atoms with E-state index in [2.05, 4.69) is 31.1 Å². The number of phenolic OH excluding ortho intramolecular Hbond substituents is 1. The molecule has 320 valence electrons. The Morgan fingerprint density at radius 2 is 1.57 bits per heavy atom. The summed E-state index contributed by atoms with van der Waals surface area (Å²) in [5, 5.41) is 37.3. The lowest BCUT2D eigenvalue weighted by Gasteiger charge is -2.35. The molecule has 0 aliphatic carbocycles. The third-order valence-corrected chi connectivity index (χ3v) is 11.4. The fourth-order valence-electron chi connectivity index (χ4n) is 6.95. The fourth-order valence-corrected chi connectivity index (χ4v) is 7.77. The van der Waals surface area contributed by atoms with Gasteiger partial charge in [0, 0.05) is 56.9 Å². The summed E-state index contributed by atoms with van der Waals surface area (Å²) in [6, 6.07) is 22.0. The summed E-state index contributed by atoms with van der Waals surface area (Å²) in [6.07, 6.45) is -0.488. The molecule has 7 N–H and O–H groups in total. The van der Waals surface area contributed by atoms with Crippen LogP contribution in [0, 0.1) is 12.3 Å². The quantitative estimate of drug-likeness (QED) is 0.0800. The van der Waals surface area contributed by atoms with Crippen molar-refractivity contribution < 1.29 is 34.1 Å². The lowest BCUT2D eigenvalue weighted by Crippen LogP contribution is -2.57. The van der Waals surface area contributed by atoms with E-state index in [-0.39, 0.29) is 56.4 Å². The molecule has 16 heteroatoms. The number of aliphatic hydroxyl groups excluding tert-OH is 1. The van der Waals surface area contributed by atoms with Gasteiger partial charge >= 0.3 is 0 Å². The number of phenols is 1. The summed E-state index contributed by atoms with van der Waals surface area (Å²) in [4.78, 5) is 60.0. The molecule has 0 spiro atoms. The molecule has 0 unspecified atom stereocenters. The molecule has 0 saturated carbocycles. The Hall–Kier alpha value is -6.39. The number of nitrogen functional groups attached to an aromatic ring is 1. The Balaban J connectivity index is 0.939. The van der Waals surface area contributed by atoms with E-state index in [0.29, 0.717) is 30.0 Å². The predicted molar refractivity (Wildman–Crippen MR) is 232 cm³/mol. The maximum Gasteiger partial charge on any atom is 0.246 e. The number of likely N-dealkylation sites (tertiary alicyclic amines) is 1. The number of aromatic hydroxyl groups is 1. The Morgan fingerprint density at radius 3 is 2.25 bits per heavy atom. The monoisotopic (exact) mass is 848 g/mol. The molecule has 3 atom stereocenters. The van der Waals surface area contributed by atoms with E-state index in [4.69, 9.17) is 10.5 Å². The normalized spacial score (nSPS) is 15.5. The highest BCUT2D eigenvalue weighted by Crippen LogP contribution is 2.31. The van der Waals surface area contributed by atoms with Gasteiger partial charge in [-0.15, -0.1) is 21.5 Å². The second-order valence-electron chi connectivity index (χ2n) is 16.1. The number of aliphatic hydroxyl groups is 1. The van der Waals surface area contributed by atoms with E-state index < -0.39 is 41.3 Å². The fraction of sp³-hybridized carbons (Fsp3) is 0.356. The largest absolute Gasteiger partial charge is 0.507 e. The van der Waals surface area contributed by atoms with Gasteiger partial charge in [0.2, 0.25) is 23.6 Å². The van der Waals surface area contributed by atoms with E-state index in [1.54, 1.807) is 47.2 Å². The molecule has 6 rings (SSSR count). The number of aromatic nitrogens is 3. The van der Waals surface area contributed by atoms with Crippen LogP contribution in [0.25, 0.3) is 21.7 Å². The number of nitrogens with zero attached hydrogens (tertiary/aromatic N) is 4. The Kier molecular flexibility index (Phi) is 14.3. The van der Waals surface area contributed by atoms with Crippen LogP contribution in [0.3, 0.4) is 0 Å². The van der Waals surface area contributed by atoms with E-state index >= 15 is 0 Å². The van der Waals surface area contributed by atoms with Gasteiger partial charge in [-0.05, 0) is 46.7 Å². The molecule has 0 radical (unpaired) electrons. The number of ether oxygens (including phenoxy) is 1. The van der Waals surface area contributed by atoms with Gasteiger partial charge in [0.05, 0.1) is 28.8 Å². The van der Waals surface area contributed by atoms with Crippen LogP contribution in [0.5, 0.6) is 11.5 Å². The molecule has 1 fully saturated rings. The second-order valence-corrected chi connectivity index (χ2v) is 17.0. The van der Waals surface area contributed by atoms with Crippen molar-refractivity contribution in [3.8, 4) is 33.2 Å². The highest BCUT2D eigenvalue weighted by atomic mass is 32.1. The molecule has 2 aromatic heterocycles. The number of nitrogens with one attached hydrogen (secondary N) is 3. The molecule has 4 amide bonds. The first kappa shape index (κ1) is 44.2. The molecule has 3 heterocycles. The molecule has 1 aliphatic heterocycles. The first-order chi connectivity index (χ1) is 29.2. The van der Waals surface area contributed by atoms with Gasteiger partial charge in [-0.2, -0.15) is 0 Å². The van der Waals surface area contributed by atoms with Crippen molar-refractivity contribution in [2.75, 3.05) is 18.9 Å². The SMILES string of the molecule is Cc1ncsc1-c1ccc(CNC(=O)[C@@H]2C[C@@H](O)CN2C(=O)[C@@H](NC(=O)CCC(=O)NCc2ccc(CCOc3cc(-c4ccccc4O)nnc3N)cc2)C(C)(C)C)cc1. The number of para-hydroxylation sites is 1. The van der Waals surface area contributed by atoms with Crippen LogP contribution in [0.2, 0.25) is 0 Å².